The van der Waals surface area contributed by atoms with Crippen molar-refractivity contribution in [1.82, 2.24) is 9.29 Å². The summed E-state index contributed by atoms with van der Waals surface area (Å²) in [6.07, 6.45) is 2.28. The van der Waals surface area contributed by atoms with Crippen LogP contribution in [0.2, 0.25) is 0 Å². The van der Waals surface area contributed by atoms with E-state index in [-0.39, 0.29) is 5.03 Å². The summed E-state index contributed by atoms with van der Waals surface area (Å²) in [6.45, 7) is 0.941. The molecule has 20 heavy (non-hydrogen) atoms. The fourth-order valence-electron chi connectivity index (χ4n) is 2.34. The molecule has 0 unspecified atom stereocenters. The third kappa shape index (κ3) is 2.21. The van der Waals surface area contributed by atoms with Crippen LogP contribution in [0.3, 0.4) is 0 Å². The summed E-state index contributed by atoms with van der Waals surface area (Å²) >= 11 is 1.69. The molecule has 1 aliphatic rings. The highest BCUT2D eigenvalue weighted by molar-refractivity contribution is 7.89. The van der Waals surface area contributed by atoms with Crippen LogP contribution in [0.1, 0.15) is 10.4 Å². The number of hydrogen-bond acceptors (Lipinski definition) is 5. The molecule has 106 valence electrons. The summed E-state index contributed by atoms with van der Waals surface area (Å²) in [5.41, 5.74) is 1.63. The fraction of sp³-hybridized carbons (Fsp3) is 0.308. The van der Waals surface area contributed by atoms with Crippen molar-refractivity contribution in [3.63, 3.8) is 0 Å². The van der Waals surface area contributed by atoms with Crippen molar-refractivity contribution < 1.29 is 8.42 Å². The van der Waals surface area contributed by atoms with Gasteiger partial charge in [-0.25, -0.2) is 13.4 Å². The molecule has 0 radical (unpaired) electrons. The van der Waals surface area contributed by atoms with E-state index in [1.165, 1.54) is 15.4 Å². The second-order valence-electron chi connectivity index (χ2n) is 4.56. The van der Waals surface area contributed by atoms with Crippen LogP contribution in [0.5, 0.6) is 0 Å². The summed E-state index contributed by atoms with van der Waals surface area (Å²) in [5.74, 6) is 0. The molecule has 0 saturated carbocycles. The Bertz CT molecular complexity index is 725. The molecule has 0 atom stereocenters. The lowest BCUT2D eigenvalue weighted by molar-refractivity contribution is 0.392. The number of nitrogens with one attached hydrogen (secondary N) is 1. The second-order valence-corrected chi connectivity index (χ2v) is 7.42. The molecule has 2 aromatic heterocycles. The summed E-state index contributed by atoms with van der Waals surface area (Å²) in [4.78, 5) is 5.33. The first-order chi connectivity index (χ1) is 9.63. The average Bonchev–Trinajstić information content (AvgIpc) is 2.94. The fourth-order valence-corrected chi connectivity index (χ4v) is 4.75. The third-order valence-corrected chi connectivity index (χ3v) is 6.23. The predicted octanol–water partition coefficient (Wildman–Crippen LogP) is 1.93. The first-order valence-electron chi connectivity index (χ1n) is 6.31. The van der Waals surface area contributed by atoms with Crippen molar-refractivity contribution in [3.8, 4) is 0 Å². The second kappa shape index (κ2) is 5.16. The number of pyridine rings is 1. The van der Waals surface area contributed by atoms with Crippen LogP contribution in [0, 0.1) is 0 Å². The van der Waals surface area contributed by atoms with Gasteiger partial charge in [-0.05, 0) is 35.6 Å². The van der Waals surface area contributed by atoms with E-state index in [4.69, 9.17) is 0 Å². The minimum atomic E-state index is -3.56. The van der Waals surface area contributed by atoms with E-state index in [1.807, 2.05) is 11.4 Å². The molecule has 0 spiro atoms. The van der Waals surface area contributed by atoms with E-state index in [1.54, 1.807) is 30.5 Å². The minimum absolute atomic E-state index is 0.0983. The Morgan fingerprint density at radius 2 is 2.25 bits per heavy atom. The van der Waals surface area contributed by atoms with Crippen molar-refractivity contribution in [2.75, 3.05) is 18.9 Å². The molecule has 0 amide bonds. The molecular weight excluding hydrogens is 294 g/mol. The standard InChI is InChI=1S/C13H15N3O2S2/c1-14-11-3-2-6-15-13(11)20(17,18)16-7-4-12-10(9-16)5-8-19-12/h2-3,5-6,8,14H,4,7,9H2,1H3. The highest BCUT2D eigenvalue weighted by Gasteiger charge is 2.31. The molecule has 2 aromatic rings. The van der Waals surface area contributed by atoms with Crippen LogP contribution < -0.4 is 5.32 Å². The van der Waals surface area contributed by atoms with E-state index in [0.717, 1.165) is 12.0 Å². The predicted molar refractivity (Wildman–Crippen MR) is 79.4 cm³/mol. The first-order valence-corrected chi connectivity index (χ1v) is 8.63. The zero-order valence-electron chi connectivity index (χ0n) is 11.0. The number of aromatic nitrogens is 1. The van der Waals surface area contributed by atoms with Crippen molar-refractivity contribution in [3.05, 3.63) is 40.2 Å². The van der Waals surface area contributed by atoms with Gasteiger partial charge in [0.2, 0.25) is 0 Å². The van der Waals surface area contributed by atoms with Crippen LogP contribution in [-0.4, -0.2) is 31.3 Å². The number of anilines is 1. The Kier molecular flexibility index (Phi) is 3.49. The maximum atomic E-state index is 12.7. The SMILES string of the molecule is CNc1cccnc1S(=O)(=O)N1CCc2sccc2C1. The van der Waals surface area contributed by atoms with Gasteiger partial charge >= 0.3 is 0 Å². The van der Waals surface area contributed by atoms with E-state index < -0.39 is 10.0 Å². The normalized spacial score (nSPS) is 15.8. The number of hydrogen-bond donors (Lipinski definition) is 1. The van der Waals surface area contributed by atoms with Crippen molar-refractivity contribution in [1.29, 1.82) is 0 Å². The van der Waals surface area contributed by atoms with E-state index >= 15 is 0 Å². The zero-order valence-corrected chi connectivity index (χ0v) is 12.7. The van der Waals surface area contributed by atoms with E-state index in [0.29, 0.717) is 18.8 Å². The number of rotatable bonds is 3. The van der Waals surface area contributed by atoms with Gasteiger partial charge in [-0.15, -0.1) is 11.3 Å². The number of fused-ring (bicyclic) bond motifs is 1. The van der Waals surface area contributed by atoms with Gasteiger partial charge in [0, 0.05) is 31.2 Å². The van der Waals surface area contributed by atoms with Gasteiger partial charge < -0.3 is 5.32 Å². The molecule has 0 saturated heterocycles. The van der Waals surface area contributed by atoms with Crippen molar-refractivity contribution in [2.45, 2.75) is 18.0 Å². The van der Waals surface area contributed by atoms with Crippen LogP contribution in [0.25, 0.3) is 0 Å². The lowest BCUT2D eigenvalue weighted by Gasteiger charge is -2.26. The number of sulfonamides is 1. The third-order valence-electron chi connectivity index (χ3n) is 3.40. The minimum Gasteiger partial charge on any atom is -0.386 e. The van der Waals surface area contributed by atoms with Gasteiger partial charge in [-0.1, -0.05) is 0 Å². The summed E-state index contributed by atoms with van der Waals surface area (Å²) in [6, 6.07) is 5.44. The largest absolute Gasteiger partial charge is 0.386 e. The first kappa shape index (κ1) is 13.5. The van der Waals surface area contributed by atoms with Gasteiger partial charge in [0.25, 0.3) is 10.0 Å². The lowest BCUT2D eigenvalue weighted by atomic mass is 10.1. The Balaban J connectivity index is 1.97. The molecule has 1 N–H and O–H groups in total. The average molecular weight is 309 g/mol. The highest BCUT2D eigenvalue weighted by atomic mass is 32.2. The van der Waals surface area contributed by atoms with Crippen molar-refractivity contribution >= 4 is 27.0 Å². The number of nitrogens with zero attached hydrogens (tertiary/aromatic N) is 2. The quantitative estimate of drug-likeness (QED) is 0.941. The molecule has 5 nitrogen and oxygen atoms in total. The maximum Gasteiger partial charge on any atom is 0.262 e. The molecule has 3 heterocycles. The smallest absolute Gasteiger partial charge is 0.262 e. The summed E-state index contributed by atoms with van der Waals surface area (Å²) < 4.78 is 27.0. The Morgan fingerprint density at radius 1 is 1.40 bits per heavy atom. The monoisotopic (exact) mass is 309 g/mol. The topological polar surface area (TPSA) is 62.3 Å². The Hall–Kier alpha value is -1.44. The van der Waals surface area contributed by atoms with Crippen LogP contribution in [0.4, 0.5) is 5.69 Å². The van der Waals surface area contributed by atoms with Gasteiger partial charge in [-0.2, -0.15) is 4.31 Å². The lowest BCUT2D eigenvalue weighted by Crippen LogP contribution is -2.36. The van der Waals surface area contributed by atoms with Crippen LogP contribution in [0.15, 0.2) is 34.8 Å². The molecule has 0 fully saturated rings. The molecule has 7 heteroatoms. The van der Waals surface area contributed by atoms with Crippen LogP contribution in [-0.2, 0) is 23.0 Å². The Morgan fingerprint density at radius 3 is 3.05 bits per heavy atom. The van der Waals surface area contributed by atoms with Crippen LogP contribution >= 0.6 is 11.3 Å². The van der Waals surface area contributed by atoms with Crippen molar-refractivity contribution in [2.24, 2.45) is 0 Å². The molecule has 1 aliphatic heterocycles. The molecule has 3 rings (SSSR count). The van der Waals surface area contributed by atoms with Gasteiger partial charge in [0.15, 0.2) is 5.03 Å². The molecule has 0 bridgehead atoms. The zero-order chi connectivity index (χ0) is 14.2. The molecule has 0 aromatic carbocycles. The summed E-state index contributed by atoms with van der Waals surface area (Å²) in [5, 5.41) is 5.00. The Labute approximate surface area is 122 Å². The summed E-state index contributed by atoms with van der Waals surface area (Å²) in [7, 11) is -1.86. The van der Waals surface area contributed by atoms with Gasteiger partial charge in [0.1, 0.15) is 0 Å². The van der Waals surface area contributed by atoms with Gasteiger partial charge in [-0.3, -0.25) is 0 Å². The highest BCUT2D eigenvalue weighted by Crippen LogP contribution is 2.29. The number of thiophene rings is 1. The molecule has 0 aliphatic carbocycles. The maximum absolute atomic E-state index is 12.7. The van der Waals surface area contributed by atoms with E-state index in [9.17, 15) is 8.42 Å². The molecular formula is C13H15N3O2S2. The van der Waals surface area contributed by atoms with Gasteiger partial charge in [0.05, 0.1) is 5.69 Å². The van der Waals surface area contributed by atoms with E-state index in [2.05, 4.69) is 10.3 Å².